The van der Waals surface area contributed by atoms with Gasteiger partial charge in [0.2, 0.25) is 0 Å². The molecule has 1 heterocycles. The van der Waals surface area contributed by atoms with Crippen LogP contribution in [0.25, 0.3) is 0 Å². The number of amides is 1. The molecule has 14 heavy (non-hydrogen) atoms. The highest BCUT2D eigenvalue weighted by Crippen LogP contribution is 2.11. The normalized spacial score (nSPS) is 19.8. The highest BCUT2D eigenvalue weighted by molar-refractivity contribution is 5.91. The van der Waals surface area contributed by atoms with Crippen LogP contribution in [0.5, 0.6) is 0 Å². The number of carbonyl (C=O) groups is 1. The van der Waals surface area contributed by atoms with E-state index in [2.05, 4.69) is 11.4 Å². The van der Waals surface area contributed by atoms with Crippen molar-refractivity contribution in [3.05, 3.63) is 35.6 Å². The summed E-state index contributed by atoms with van der Waals surface area (Å²) in [6.07, 6.45) is 1.82. The van der Waals surface area contributed by atoms with Crippen molar-refractivity contribution < 1.29 is 13.9 Å². The van der Waals surface area contributed by atoms with E-state index in [1.54, 1.807) is 12.1 Å². The summed E-state index contributed by atoms with van der Waals surface area (Å²) in [7, 11) is 0. The first-order valence-electron chi connectivity index (χ1n) is 4.15. The summed E-state index contributed by atoms with van der Waals surface area (Å²) in [4.78, 5) is 14.3. The highest BCUT2D eigenvalue weighted by atomic mass is 19.1. The van der Waals surface area contributed by atoms with Gasteiger partial charge in [-0.1, -0.05) is 12.1 Å². The third-order valence-electron chi connectivity index (χ3n) is 1.94. The molecule has 1 atom stereocenters. The largest absolute Gasteiger partial charge is 0.577 e. The van der Waals surface area contributed by atoms with Crippen molar-refractivity contribution >= 4 is 12.3 Å². The number of benzene rings is 1. The predicted octanol–water partition coefficient (Wildman–Crippen LogP) is 1.20. The molecule has 1 aliphatic rings. The van der Waals surface area contributed by atoms with Crippen molar-refractivity contribution in [2.24, 2.45) is 4.99 Å². The predicted molar refractivity (Wildman–Crippen MR) is 47.4 cm³/mol. The van der Waals surface area contributed by atoms with Gasteiger partial charge < -0.3 is 14.5 Å². The second-order valence-electron chi connectivity index (χ2n) is 2.98. The molecule has 0 N–H and O–H groups in total. The molecule has 2 rings (SSSR count). The number of halogens is 1. The van der Waals surface area contributed by atoms with Gasteiger partial charge in [0.1, 0.15) is 11.7 Å². The Morgan fingerprint density at radius 1 is 1.57 bits per heavy atom. The smallest absolute Gasteiger partial charge is 0.128 e. The third kappa shape index (κ3) is 1.79. The molecule has 1 aromatic carbocycles. The number of aliphatic imine (C=N–C) groups is 1. The van der Waals surface area contributed by atoms with E-state index in [4.69, 9.17) is 4.74 Å². The lowest BCUT2D eigenvalue weighted by molar-refractivity contribution is -0.122. The van der Waals surface area contributed by atoms with Crippen LogP contribution >= 0.6 is 0 Å². The molecule has 0 saturated carbocycles. The summed E-state index contributed by atoms with van der Waals surface area (Å²) in [6, 6.07) is 6.05. The zero-order valence-corrected chi connectivity index (χ0v) is 7.24. The summed E-state index contributed by atoms with van der Waals surface area (Å²) in [6.45, 7) is 0. The van der Waals surface area contributed by atoms with Crippen molar-refractivity contribution in [2.75, 3.05) is 0 Å². The van der Waals surface area contributed by atoms with E-state index in [1.165, 1.54) is 12.1 Å². The van der Waals surface area contributed by atoms with Gasteiger partial charge in [-0.25, -0.2) is 4.39 Å². The fraction of sp³-hybridized carbons (Fsp3) is 0.200. The number of hydrogen-bond acceptors (Lipinski definition) is 2. The van der Waals surface area contributed by atoms with Crippen LogP contribution in [0.4, 0.5) is 4.39 Å². The first kappa shape index (κ1) is 8.87. The lowest BCUT2D eigenvalue weighted by atomic mass is 10.1. The van der Waals surface area contributed by atoms with Crippen LogP contribution in [0.2, 0.25) is 0 Å². The van der Waals surface area contributed by atoms with Crippen LogP contribution in [0, 0.1) is 5.82 Å². The molecule has 72 valence electrons. The Morgan fingerprint density at radius 2 is 2.43 bits per heavy atom. The van der Waals surface area contributed by atoms with Gasteiger partial charge in [0.25, 0.3) is 0 Å². The summed E-state index contributed by atoms with van der Waals surface area (Å²) in [5, 5.41) is 0. The molecular weight excluding hydrogens is 185 g/mol. The average Bonchev–Trinajstić information content (AvgIpc) is 2.52. The van der Waals surface area contributed by atoms with Gasteiger partial charge in [0.15, 0.2) is 0 Å². The maximum atomic E-state index is 12.8. The minimum absolute atomic E-state index is 0.321. The Hall–Kier alpha value is -1.71. The fourth-order valence-corrected chi connectivity index (χ4v) is 1.26. The molecular formula is C10H7FNO2-. The molecule has 0 aromatic heterocycles. The highest BCUT2D eigenvalue weighted by Gasteiger charge is 2.13. The van der Waals surface area contributed by atoms with E-state index in [-0.39, 0.29) is 11.7 Å². The van der Waals surface area contributed by atoms with Gasteiger partial charge in [0, 0.05) is 12.8 Å². The Kier molecular flexibility index (Phi) is 2.26. The van der Waals surface area contributed by atoms with Gasteiger partial charge in [-0.15, -0.1) is 0 Å². The van der Waals surface area contributed by atoms with Crippen molar-refractivity contribution in [2.45, 2.75) is 12.5 Å². The quantitative estimate of drug-likeness (QED) is 0.660. The Morgan fingerprint density at radius 3 is 3.07 bits per heavy atom. The summed E-state index contributed by atoms with van der Waals surface area (Å²) in [5.74, 6) is -0.688. The van der Waals surface area contributed by atoms with Crippen LogP contribution in [0.3, 0.4) is 0 Å². The van der Waals surface area contributed by atoms with Gasteiger partial charge in [-0.05, 0) is 17.7 Å². The van der Waals surface area contributed by atoms with Gasteiger partial charge in [-0.3, -0.25) is 0 Å². The Labute approximate surface area is 80.2 Å². The van der Waals surface area contributed by atoms with Gasteiger partial charge in [-0.2, -0.15) is 0 Å². The van der Waals surface area contributed by atoms with Crippen LogP contribution in [0.1, 0.15) is 5.56 Å². The first-order valence-corrected chi connectivity index (χ1v) is 4.15. The molecule has 0 bridgehead atoms. The standard InChI is InChI=1S/C10H7FNO2/c11-8-3-1-2-7(4-8)5-9-10(13)12-6-14-9/h1-4,9H,5H2/q-1. The van der Waals surface area contributed by atoms with Crippen molar-refractivity contribution in [3.8, 4) is 0 Å². The maximum absolute atomic E-state index is 12.8. The maximum Gasteiger partial charge on any atom is 0.128 e. The minimum atomic E-state index is -0.642. The van der Waals surface area contributed by atoms with Crippen LogP contribution in [0.15, 0.2) is 29.3 Å². The second-order valence-corrected chi connectivity index (χ2v) is 2.98. The molecule has 3 nitrogen and oxygen atoms in total. The van der Waals surface area contributed by atoms with Crippen molar-refractivity contribution in [1.29, 1.82) is 0 Å². The Balaban J connectivity index is 2.08. The molecule has 0 aliphatic carbocycles. The molecule has 0 spiro atoms. The second kappa shape index (κ2) is 3.57. The molecule has 0 saturated heterocycles. The number of rotatable bonds is 2. The molecule has 4 heteroatoms. The van der Waals surface area contributed by atoms with Gasteiger partial charge in [0.05, 0.1) is 6.10 Å². The minimum Gasteiger partial charge on any atom is -0.577 e. The van der Waals surface area contributed by atoms with E-state index < -0.39 is 6.10 Å². The van der Waals surface area contributed by atoms with Crippen molar-refractivity contribution in [3.63, 3.8) is 0 Å². The molecule has 1 amide bonds. The van der Waals surface area contributed by atoms with E-state index in [1.807, 2.05) is 0 Å². The third-order valence-corrected chi connectivity index (χ3v) is 1.94. The molecule has 1 aromatic rings. The Bertz CT molecular complexity index is 389. The number of nitrogens with zero attached hydrogens (tertiary/aromatic N) is 1. The van der Waals surface area contributed by atoms with E-state index in [0.717, 1.165) is 0 Å². The van der Waals surface area contributed by atoms with Gasteiger partial charge >= 0.3 is 0 Å². The zero-order chi connectivity index (χ0) is 9.97. The molecule has 1 aliphatic heterocycles. The number of ether oxygens (including phenoxy) is 1. The summed E-state index contributed by atoms with van der Waals surface area (Å²) in [5.41, 5.74) is 0.710. The number of carbonyl (C=O) groups excluding carboxylic acids is 1. The SMILES string of the molecule is O=C1N=[C-]OC1Cc1cccc(F)c1. The molecule has 1 unspecified atom stereocenters. The van der Waals surface area contributed by atoms with Crippen LogP contribution in [-0.4, -0.2) is 18.4 Å². The fourth-order valence-electron chi connectivity index (χ4n) is 1.26. The van der Waals surface area contributed by atoms with Crippen LogP contribution < -0.4 is 0 Å². The average molecular weight is 192 g/mol. The zero-order valence-electron chi connectivity index (χ0n) is 7.24. The van der Waals surface area contributed by atoms with E-state index in [0.29, 0.717) is 12.0 Å². The summed E-state index contributed by atoms with van der Waals surface area (Å²) >= 11 is 0. The lowest BCUT2D eigenvalue weighted by Crippen LogP contribution is -2.19. The summed E-state index contributed by atoms with van der Waals surface area (Å²) < 4.78 is 17.6. The first-order chi connectivity index (χ1) is 6.75. The monoisotopic (exact) mass is 192 g/mol. The van der Waals surface area contributed by atoms with E-state index >= 15 is 0 Å². The topological polar surface area (TPSA) is 38.7 Å². The van der Waals surface area contributed by atoms with Crippen LogP contribution in [-0.2, 0) is 16.0 Å². The number of hydrogen-bond donors (Lipinski definition) is 0. The van der Waals surface area contributed by atoms with E-state index in [9.17, 15) is 9.18 Å². The van der Waals surface area contributed by atoms with Crippen molar-refractivity contribution in [1.82, 2.24) is 0 Å². The molecule has 0 radical (unpaired) electrons. The lowest BCUT2D eigenvalue weighted by Gasteiger charge is -2.13. The molecule has 0 fully saturated rings.